The Morgan fingerprint density at radius 3 is 2.37 bits per heavy atom. The monoisotopic (exact) mass is 364 g/mol. The molecule has 0 saturated carbocycles. The summed E-state index contributed by atoms with van der Waals surface area (Å²) in [4.78, 5) is 14.3. The van der Waals surface area contributed by atoms with Crippen molar-refractivity contribution in [1.29, 1.82) is 0 Å². The number of aromatic nitrogens is 2. The van der Waals surface area contributed by atoms with Crippen LogP contribution in [0.4, 0.5) is 0 Å². The molecule has 0 aliphatic heterocycles. The van der Waals surface area contributed by atoms with E-state index in [2.05, 4.69) is 5.10 Å². The summed E-state index contributed by atoms with van der Waals surface area (Å²) >= 11 is 0. The van der Waals surface area contributed by atoms with Crippen molar-refractivity contribution in [3.8, 4) is 22.7 Å². The van der Waals surface area contributed by atoms with Gasteiger partial charge in [0.25, 0.3) is 5.91 Å². The van der Waals surface area contributed by atoms with Crippen LogP contribution in [0.15, 0.2) is 54.6 Å². The summed E-state index contributed by atoms with van der Waals surface area (Å²) in [6, 6.07) is 17.4. The molecule has 140 valence electrons. The van der Waals surface area contributed by atoms with Crippen LogP contribution in [0.3, 0.4) is 0 Å². The maximum Gasteiger partial charge on any atom is 0.274 e. The van der Waals surface area contributed by atoms with Crippen molar-refractivity contribution in [2.45, 2.75) is 13.5 Å². The van der Waals surface area contributed by atoms with Crippen LogP contribution in [-0.4, -0.2) is 41.3 Å². The first-order valence-electron chi connectivity index (χ1n) is 8.86. The van der Waals surface area contributed by atoms with Crippen LogP contribution in [0.2, 0.25) is 0 Å². The summed E-state index contributed by atoms with van der Waals surface area (Å²) in [6.07, 6.45) is 0. The lowest BCUT2D eigenvalue weighted by Gasteiger charge is -2.12. The molecule has 3 rings (SSSR count). The van der Waals surface area contributed by atoms with Gasteiger partial charge < -0.3 is 15.4 Å². The van der Waals surface area contributed by atoms with E-state index in [1.807, 2.05) is 61.5 Å². The first-order chi connectivity index (χ1) is 13.1. The quantitative estimate of drug-likeness (QED) is 0.729. The van der Waals surface area contributed by atoms with Crippen LogP contribution in [0.5, 0.6) is 5.75 Å². The van der Waals surface area contributed by atoms with E-state index in [0.29, 0.717) is 18.8 Å². The number of rotatable bonds is 6. The Labute approximate surface area is 159 Å². The molecule has 0 saturated heterocycles. The molecule has 1 amide bonds. The number of benzene rings is 2. The molecule has 3 aromatic rings. The molecule has 2 aromatic carbocycles. The van der Waals surface area contributed by atoms with E-state index in [1.165, 1.54) is 0 Å². The number of hydrogen-bond donors (Lipinski definition) is 1. The van der Waals surface area contributed by atoms with Gasteiger partial charge in [-0.25, -0.2) is 4.68 Å². The van der Waals surface area contributed by atoms with Crippen molar-refractivity contribution in [3.63, 3.8) is 0 Å². The van der Waals surface area contributed by atoms with Crippen molar-refractivity contribution < 1.29 is 9.53 Å². The van der Waals surface area contributed by atoms with Crippen molar-refractivity contribution in [1.82, 2.24) is 14.7 Å². The number of carbonyl (C=O) groups excluding carboxylic acids is 1. The molecule has 0 bridgehead atoms. The van der Waals surface area contributed by atoms with Gasteiger partial charge in [0.1, 0.15) is 5.75 Å². The summed E-state index contributed by atoms with van der Waals surface area (Å²) in [6.45, 7) is 3.04. The number of amides is 1. The number of carbonyl (C=O) groups is 1. The fourth-order valence-electron chi connectivity index (χ4n) is 2.76. The second-order valence-corrected chi connectivity index (χ2v) is 6.25. The van der Waals surface area contributed by atoms with Gasteiger partial charge in [0.2, 0.25) is 0 Å². The first kappa shape index (κ1) is 18.7. The minimum Gasteiger partial charge on any atom is -0.497 e. The number of hydrogen-bond acceptors (Lipinski definition) is 4. The maximum absolute atomic E-state index is 12.6. The molecule has 0 radical (unpaired) electrons. The Kier molecular flexibility index (Phi) is 5.57. The van der Waals surface area contributed by atoms with E-state index in [-0.39, 0.29) is 5.91 Å². The largest absolute Gasteiger partial charge is 0.497 e. The van der Waals surface area contributed by atoms with E-state index < -0.39 is 0 Å². The lowest BCUT2D eigenvalue weighted by atomic mass is 10.1. The third kappa shape index (κ3) is 3.85. The van der Waals surface area contributed by atoms with Crippen molar-refractivity contribution >= 4 is 5.91 Å². The van der Waals surface area contributed by atoms with Gasteiger partial charge in [-0.1, -0.05) is 24.3 Å². The van der Waals surface area contributed by atoms with E-state index in [0.717, 1.165) is 28.3 Å². The van der Waals surface area contributed by atoms with E-state index in [4.69, 9.17) is 10.5 Å². The highest BCUT2D eigenvalue weighted by Crippen LogP contribution is 2.26. The predicted molar refractivity (Wildman–Crippen MR) is 106 cm³/mol. The van der Waals surface area contributed by atoms with Gasteiger partial charge in [0, 0.05) is 25.7 Å². The van der Waals surface area contributed by atoms with E-state index >= 15 is 0 Å². The fourth-order valence-corrected chi connectivity index (χ4v) is 2.76. The summed E-state index contributed by atoms with van der Waals surface area (Å²) in [5, 5.41) is 4.58. The first-order valence-corrected chi connectivity index (χ1v) is 8.86. The topological polar surface area (TPSA) is 73.4 Å². The minimum absolute atomic E-state index is 0.107. The van der Waals surface area contributed by atoms with Crippen LogP contribution >= 0.6 is 0 Å². The highest BCUT2D eigenvalue weighted by molar-refractivity contribution is 5.93. The molecule has 6 heteroatoms. The van der Waals surface area contributed by atoms with Crippen LogP contribution in [0.1, 0.15) is 23.0 Å². The van der Waals surface area contributed by atoms with Crippen molar-refractivity contribution in [3.05, 3.63) is 65.9 Å². The Morgan fingerprint density at radius 1 is 1.15 bits per heavy atom. The zero-order valence-corrected chi connectivity index (χ0v) is 15.8. The lowest BCUT2D eigenvalue weighted by molar-refractivity contribution is 0.0796. The fraction of sp³-hybridized carbons (Fsp3) is 0.238. The molecule has 0 aliphatic rings. The Balaban J connectivity index is 2.10. The molecule has 0 atom stereocenters. The molecular formula is C21H24N4O2. The summed E-state index contributed by atoms with van der Waals surface area (Å²) < 4.78 is 7.02. The van der Waals surface area contributed by atoms with Gasteiger partial charge >= 0.3 is 0 Å². The number of nitrogens with zero attached hydrogens (tertiary/aromatic N) is 3. The molecule has 1 heterocycles. The van der Waals surface area contributed by atoms with Crippen LogP contribution in [0.25, 0.3) is 16.9 Å². The zero-order valence-electron chi connectivity index (χ0n) is 15.8. The van der Waals surface area contributed by atoms with Crippen molar-refractivity contribution in [2.24, 2.45) is 5.73 Å². The third-order valence-corrected chi connectivity index (χ3v) is 4.55. The lowest BCUT2D eigenvalue weighted by Crippen LogP contribution is -2.26. The Morgan fingerprint density at radius 2 is 1.81 bits per heavy atom. The maximum atomic E-state index is 12.6. The Hall–Kier alpha value is -3.12. The summed E-state index contributed by atoms with van der Waals surface area (Å²) in [5.41, 5.74) is 9.83. The zero-order chi connectivity index (χ0) is 19.4. The minimum atomic E-state index is -0.107. The molecule has 0 unspecified atom stereocenters. The van der Waals surface area contributed by atoms with Gasteiger partial charge in [-0.2, -0.15) is 5.10 Å². The molecule has 6 nitrogen and oxygen atoms in total. The number of nitrogens with two attached hydrogens (primary N) is 1. The average Bonchev–Trinajstić information content (AvgIpc) is 3.18. The number of ether oxygens (including phenoxy) is 1. The second-order valence-electron chi connectivity index (χ2n) is 6.25. The van der Waals surface area contributed by atoms with Gasteiger partial charge in [-0.3, -0.25) is 4.79 Å². The van der Waals surface area contributed by atoms with Gasteiger partial charge in [-0.05, 0) is 42.8 Å². The van der Waals surface area contributed by atoms with Crippen LogP contribution in [0, 0.1) is 0 Å². The highest BCUT2D eigenvalue weighted by atomic mass is 16.5. The molecule has 1 aromatic heterocycles. The van der Waals surface area contributed by atoms with E-state index in [9.17, 15) is 4.79 Å². The van der Waals surface area contributed by atoms with Crippen LogP contribution < -0.4 is 10.5 Å². The average molecular weight is 364 g/mol. The molecular weight excluding hydrogens is 340 g/mol. The molecule has 2 N–H and O–H groups in total. The smallest absolute Gasteiger partial charge is 0.274 e. The SMILES string of the molecule is CCN(C)C(=O)c1cc(-c2ccc(CN)cc2)n(-c2ccc(OC)cc2)n1. The molecule has 0 aliphatic carbocycles. The van der Waals surface area contributed by atoms with Crippen molar-refractivity contribution in [2.75, 3.05) is 20.7 Å². The summed E-state index contributed by atoms with van der Waals surface area (Å²) in [7, 11) is 3.40. The second kappa shape index (κ2) is 8.05. The molecule has 0 spiro atoms. The van der Waals surface area contributed by atoms with Gasteiger partial charge in [-0.15, -0.1) is 0 Å². The Bertz CT molecular complexity index is 849. The van der Waals surface area contributed by atoms with E-state index in [1.54, 1.807) is 23.7 Å². The predicted octanol–water partition coefficient (Wildman–Crippen LogP) is 3.10. The molecule has 0 fully saturated rings. The third-order valence-electron chi connectivity index (χ3n) is 4.55. The highest BCUT2D eigenvalue weighted by Gasteiger charge is 2.19. The normalized spacial score (nSPS) is 10.7. The van der Waals surface area contributed by atoms with Crippen LogP contribution in [-0.2, 0) is 6.54 Å². The van der Waals surface area contributed by atoms with Gasteiger partial charge in [0.05, 0.1) is 18.5 Å². The summed E-state index contributed by atoms with van der Waals surface area (Å²) in [5.74, 6) is 0.659. The van der Waals surface area contributed by atoms with Gasteiger partial charge in [0.15, 0.2) is 5.69 Å². The standard InChI is InChI=1S/C21H24N4O2/c1-4-24(2)21(26)19-13-20(16-7-5-15(14-22)6-8-16)25(23-19)17-9-11-18(27-3)12-10-17/h5-13H,4,14,22H2,1-3H3. The molecule has 27 heavy (non-hydrogen) atoms. The number of methoxy groups -OCH3 is 1.